The average Bonchev–Trinajstić information content (AvgIpc) is 2.90. The summed E-state index contributed by atoms with van der Waals surface area (Å²) in [6.07, 6.45) is 5.06. The van der Waals surface area contributed by atoms with E-state index >= 15 is 0 Å². The molecule has 0 bridgehead atoms. The van der Waals surface area contributed by atoms with Gasteiger partial charge in [-0.05, 0) is 18.4 Å². The number of aliphatic hydroxyl groups excluding tert-OH is 1. The Balaban J connectivity index is 1.98. The normalized spacial score (nSPS) is 20.4. The first-order valence-electron chi connectivity index (χ1n) is 6.31. The van der Waals surface area contributed by atoms with Crippen molar-refractivity contribution in [2.45, 2.75) is 37.3 Å². The van der Waals surface area contributed by atoms with Gasteiger partial charge in [0.1, 0.15) is 0 Å². The van der Waals surface area contributed by atoms with Crippen LogP contribution >= 0.6 is 0 Å². The minimum Gasteiger partial charge on any atom is -0.394 e. The molecule has 94 valence electrons. The van der Waals surface area contributed by atoms with E-state index in [2.05, 4.69) is 0 Å². The van der Waals surface area contributed by atoms with E-state index < -0.39 is 5.54 Å². The van der Waals surface area contributed by atoms with Gasteiger partial charge in [-0.15, -0.1) is 0 Å². The molecule has 0 heterocycles. The second-order valence-corrected chi connectivity index (χ2v) is 4.90. The zero-order chi connectivity index (χ0) is 12.1. The highest BCUT2D eigenvalue weighted by Gasteiger charge is 2.28. The van der Waals surface area contributed by atoms with Crippen molar-refractivity contribution in [1.29, 1.82) is 0 Å². The predicted octanol–water partition coefficient (Wildman–Crippen LogP) is 1.79. The van der Waals surface area contributed by atoms with E-state index in [-0.39, 0.29) is 6.61 Å². The van der Waals surface area contributed by atoms with E-state index in [1.807, 2.05) is 30.3 Å². The first kappa shape index (κ1) is 12.6. The molecule has 0 aliphatic heterocycles. The Morgan fingerprint density at radius 3 is 2.47 bits per heavy atom. The highest BCUT2D eigenvalue weighted by Crippen LogP contribution is 2.24. The molecule has 0 spiro atoms. The van der Waals surface area contributed by atoms with Crippen LogP contribution in [0.3, 0.4) is 0 Å². The Morgan fingerprint density at radius 1 is 1.24 bits per heavy atom. The van der Waals surface area contributed by atoms with Gasteiger partial charge < -0.3 is 15.6 Å². The van der Waals surface area contributed by atoms with Crippen LogP contribution in [0.2, 0.25) is 0 Å². The minimum atomic E-state index is -0.774. The molecule has 1 aliphatic carbocycles. The van der Waals surface area contributed by atoms with E-state index in [1.54, 1.807) is 0 Å². The van der Waals surface area contributed by atoms with Crippen LogP contribution < -0.4 is 5.73 Å². The lowest BCUT2D eigenvalue weighted by atomic mass is 9.93. The van der Waals surface area contributed by atoms with Crippen molar-refractivity contribution < 1.29 is 9.84 Å². The molecule has 0 amide bonds. The lowest BCUT2D eigenvalue weighted by Crippen LogP contribution is -2.45. The van der Waals surface area contributed by atoms with Crippen LogP contribution in [0.5, 0.6) is 0 Å². The minimum absolute atomic E-state index is 0.0935. The van der Waals surface area contributed by atoms with Crippen molar-refractivity contribution in [2.24, 2.45) is 5.73 Å². The van der Waals surface area contributed by atoms with Gasteiger partial charge in [-0.2, -0.15) is 0 Å². The summed E-state index contributed by atoms with van der Waals surface area (Å²) in [6, 6.07) is 9.69. The molecule has 1 aromatic carbocycles. The standard InChI is InChI=1S/C14H21NO2/c15-14(10-16,12-6-2-1-3-7-12)11-17-13-8-4-5-9-13/h1-3,6-7,13,16H,4-5,8-11,15H2. The molecule has 0 aromatic heterocycles. The molecule has 3 nitrogen and oxygen atoms in total. The molecule has 0 radical (unpaired) electrons. The second kappa shape index (κ2) is 5.63. The number of nitrogens with two attached hydrogens (primary N) is 1. The number of rotatable bonds is 5. The third-order valence-corrected chi connectivity index (χ3v) is 3.51. The van der Waals surface area contributed by atoms with Crippen LogP contribution in [0.15, 0.2) is 30.3 Å². The molecule has 1 unspecified atom stereocenters. The van der Waals surface area contributed by atoms with Crippen LogP contribution in [0.4, 0.5) is 0 Å². The molecule has 2 rings (SSSR count). The molecular weight excluding hydrogens is 214 g/mol. The molecule has 1 fully saturated rings. The van der Waals surface area contributed by atoms with E-state index in [9.17, 15) is 5.11 Å². The van der Waals surface area contributed by atoms with Crippen LogP contribution in [-0.2, 0) is 10.3 Å². The maximum absolute atomic E-state index is 9.51. The fraction of sp³-hybridized carbons (Fsp3) is 0.571. The molecule has 1 atom stereocenters. The third kappa shape index (κ3) is 3.06. The SMILES string of the molecule is NC(CO)(COC1CCCC1)c1ccccc1. The lowest BCUT2D eigenvalue weighted by Gasteiger charge is -2.29. The fourth-order valence-electron chi connectivity index (χ4n) is 2.31. The van der Waals surface area contributed by atoms with Gasteiger partial charge in [-0.25, -0.2) is 0 Å². The average molecular weight is 235 g/mol. The molecule has 17 heavy (non-hydrogen) atoms. The maximum Gasteiger partial charge on any atom is 0.0881 e. The Kier molecular flexibility index (Phi) is 4.15. The lowest BCUT2D eigenvalue weighted by molar-refractivity contribution is 0.00520. The van der Waals surface area contributed by atoms with Gasteiger partial charge in [-0.3, -0.25) is 0 Å². The molecular formula is C14H21NO2. The summed E-state index contributed by atoms with van der Waals surface area (Å²) in [4.78, 5) is 0. The zero-order valence-electron chi connectivity index (χ0n) is 10.1. The Hall–Kier alpha value is -0.900. The smallest absolute Gasteiger partial charge is 0.0881 e. The van der Waals surface area contributed by atoms with Gasteiger partial charge in [-0.1, -0.05) is 43.2 Å². The Labute approximate surface area is 103 Å². The van der Waals surface area contributed by atoms with Crippen LogP contribution in [0.25, 0.3) is 0 Å². The highest BCUT2D eigenvalue weighted by molar-refractivity contribution is 5.24. The predicted molar refractivity (Wildman–Crippen MR) is 67.6 cm³/mol. The van der Waals surface area contributed by atoms with Gasteiger partial charge in [0.15, 0.2) is 0 Å². The van der Waals surface area contributed by atoms with Crippen molar-refractivity contribution in [3.05, 3.63) is 35.9 Å². The number of benzene rings is 1. The summed E-state index contributed by atoms with van der Waals surface area (Å²) in [5, 5.41) is 9.51. The van der Waals surface area contributed by atoms with Gasteiger partial charge in [0.05, 0.1) is 24.9 Å². The number of aliphatic hydroxyl groups is 1. The summed E-state index contributed by atoms with van der Waals surface area (Å²) in [6.45, 7) is 0.294. The second-order valence-electron chi connectivity index (χ2n) is 4.90. The summed E-state index contributed by atoms with van der Waals surface area (Å²) in [5.41, 5.74) is 6.38. The number of hydrogen-bond donors (Lipinski definition) is 2. The van der Waals surface area contributed by atoms with Crippen LogP contribution in [0, 0.1) is 0 Å². The highest BCUT2D eigenvalue weighted by atomic mass is 16.5. The first-order chi connectivity index (χ1) is 8.24. The summed E-state index contributed by atoms with van der Waals surface area (Å²) in [5.74, 6) is 0. The molecule has 3 N–H and O–H groups in total. The van der Waals surface area contributed by atoms with E-state index in [0.717, 1.165) is 18.4 Å². The Morgan fingerprint density at radius 2 is 1.88 bits per heavy atom. The molecule has 1 aliphatic rings. The quantitative estimate of drug-likeness (QED) is 0.818. The van der Waals surface area contributed by atoms with Gasteiger partial charge in [0.2, 0.25) is 0 Å². The third-order valence-electron chi connectivity index (χ3n) is 3.51. The molecule has 0 saturated heterocycles. The summed E-state index contributed by atoms with van der Waals surface area (Å²) < 4.78 is 5.83. The number of ether oxygens (including phenoxy) is 1. The van der Waals surface area contributed by atoms with Crippen molar-refractivity contribution in [1.82, 2.24) is 0 Å². The van der Waals surface area contributed by atoms with E-state index in [4.69, 9.17) is 10.5 Å². The maximum atomic E-state index is 9.51. The topological polar surface area (TPSA) is 55.5 Å². The van der Waals surface area contributed by atoms with Crippen molar-refractivity contribution >= 4 is 0 Å². The summed E-state index contributed by atoms with van der Waals surface area (Å²) >= 11 is 0. The van der Waals surface area contributed by atoms with Crippen molar-refractivity contribution in [3.63, 3.8) is 0 Å². The van der Waals surface area contributed by atoms with Crippen LogP contribution in [0.1, 0.15) is 31.2 Å². The van der Waals surface area contributed by atoms with Crippen molar-refractivity contribution in [2.75, 3.05) is 13.2 Å². The number of hydrogen-bond acceptors (Lipinski definition) is 3. The zero-order valence-corrected chi connectivity index (χ0v) is 10.1. The first-order valence-corrected chi connectivity index (χ1v) is 6.31. The molecule has 1 saturated carbocycles. The van der Waals surface area contributed by atoms with Crippen molar-refractivity contribution in [3.8, 4) is 0 Å². The van der Waals surface area contributed by atoms with Gasteiger partial charge in [0.25, 0.3) is 0 Å². The monoisotopic (exact) mass is 235 g/mol. The van der Waals surface area contributed by atoms with E-state index in [0.29, 0.717) is 12.7 Å². The largest absolute Gasteiger partial charge is 0.394 e. The Bertz CT molecular complexity index is 335. The van der Waals surface area contributed by atoms with Gasteiger partial charge >= 0.3 is 0 Å². The summed E-state index contributed by atoms with van der Waals surface area (Å²) in [7, 11) is 0. The van der Waals surface area contributed by atoms with Crippen LogP contribution in [-0.4, -0.2) is 24.4 Å². The van der Waals surface area contributed by atoms with E-state index in [1.165, 1.54) is 12.8 Å². The molecule has 1 aromatic rings. The van der Waals surface area contributed by atoms with Gasteiger partial charge in [0, 0.05) is 0 Å². The molecule has 3 heteroatoms. The fourth-order valence-corrected chi connectivity index (χ4v) is 2.31.